The summed E-state index contributed by atoms with van der Waals surface area (Å²) < 4.78 is 0. The van der Waals surface area contributed by atoms with Gasteiger partial charge in [-0.3, -0.25) is 4.79 Å². The third-order valence-corrected chi connectivity index (χ3v) is 3.17. The van der Waals surface area contributed by atoms with Gasteiger partial charge in [-0.25, -0.2) is 10.0 Å². The molecule has 2 aliphatic heterocycles. The molecule has 4 nitrogen and oxygen atoms in total. The molecule has 1 aromatic carbocycles. The van der Waals surface area contributed by atoms with Gasteiger partial charge in [-0.2, -0.15) is 0 Å². The third kappa shape index (κ3) is 2.16. The third-order valence-electron chi connectivity index (χ3n) is 3.17. The molecular weight excluding hydrogens is 238 g/mol. The number of rotatable bonds is 1. The van der Waals surface area contributed by atoms with Crippen molar-refractivity contribution in [3.8, 4) is 0 Å². The van der Waals surface area contributed by atoms with Gasteiger partial charge in [0.1, 0.15) is 0 Å². The molecule has 0 saturated carbocycles. The second kappa shape index (κ2) is 5.04. The van der Waals surface area contributed by atoms with Crippen LogP contribution in [0.1, 0.15) is 5.56 Å². The highest BCUT2D eigenvalue weighted by atomic mass is 35.5. The lowest BCUT2D eigenvalue weighted by atomic mass is 10.2. The highest BCUT2D eigenvalue weighted by molar-refractivity contribution is 6.00. The number of hydrazine groups is 1. The smallest absolute Gasteiger partial charge is 0.246 e. The van der Waals surface area contributed by atoms with Crippen LogP contribution < -0.4 is 10.3 Å². The Morgan fingerprint density at radius 3 is 2.59 bits per heavy atom. The quantitative estimate of drug-likeness (QED) is 0.805. The van der Waals surface area contributed by atoms with Gasteiger partial charge in [0.15, 0.2) is 0 Å². The molecule has 1 N–H and O–H groups in total. The van der Waals surface area contributed by atoms with E-state index in [1.807, 2.05) is 29.3 Å². The first-order valence-electron chi connectivity index (χ1n) is 5.73. The van der Waals surface area contributed by atoms with E-state index in [0.29, 0.717) is 6.42 Å². The number of hydrogen-bond acceptors (Lipinski definition) is 3. The zero-order chi connectivity index (χ0) is 11.0. The minimum absolute atomic E-state index is 0. The van der Waals surface area contributed by atoms with Crippen molar-refractivity contribution in [2.45, 2.75) is 6.42 Å². The Morgan fingerprint density at radius 2 is 1.82 bits per heavy atom. The van der Waals surface area contributed by atoms with Crippen LogP contribution in [-0.4, -0.2) is 37.1 Å². The molecule has 1 aromatic rings. The van der Waals surface area contributed by atoms with Crippen LogP contribution >= 0.6 is 12.4 Å². The number of nitrogens with zero attached hydrogens (tertiary/aromatic N) is 2. The largest absolute Gasteiger partial charge is 0.314 e. The van der Waals surface area contributed by atoms with Crippen molar-refractivity contribution in [1.82, 2.24) is 10.3 Å². The predicted molar refractivity (Wildman–Crippen MR) is 69.3 cm³/mol. The number of hydrogen-bond donors (Lipinski definition) is 1. The van der Waals surface area contributed by atoms with Crippen molar-refractivity contribution in [3.05, 3.63) is 29.8 Å². The van der Waals surface area contributed by atoms with Gasteiger partial charge in [-0.15, -0.1) is 12.4 Å². The molecule has 0 unspecified atom stereocenters. The highest BCUT2D eigenvalue weighted by Crippen LogP contribution is 2.29. The molecule has 0 atom stereocenters. The highest BCUT2D eigenvalue weighted by Gasteiger charge is 2.31. The summed E-state index contributed by atoms with van der Waals surface area (Å²) in [6.07, 6.45) is 0.542. The minimum Gasteiger partial charge on any atom is -0.314 e. The summed E-state index contributed by atoms with van der Waals surface area (Å²) in [4.78, 5) is 12.0. The van der Waals surface area contributed by atoms with E-state index in [1.165, 1.54) is 0 Å². The molecular formula is C12H16ClN3O. The molecule has 1 saturated heterocycles. The van der Waals surface area contributed by atoms with Crippen LogP contribution in [0, 0.1) is 0 Å². The molecule has 3 rings (SSSR count). The molecule has 1 amide bonds. The van der Waals surface area contributed by atoms with E-state index in [0.717, 1.165) is 37.4 Å². The maximum absolute atomic E-state index is 12.0. The Labute approximate surface area is 107 Å². The van der Waals surface area contributed by atoms with Gasteiger partial charge >= 0.3 is 0 Å². The number of para-hydroxylation sites is 1. The van der Waals surface area contributed by atoms with Crippen LogP contribution in [0.5, 0.6) is 0 Å². The number of amides is 1. The molecule has 5 heteroatoms. The lowest BCUT2D eigenvalue weighted by molar-refractivity contribution is -0.120. The van der Waals surface area contributed by atoms with Crippen LogP contribution in [0.2, 0.25) is 0 Å². The van der Waals surface area contributed by atoms with Crippen molar-refractivity contribution in [2.24, 2.45) is 0 Å². The molecule has 2 aliphatic rings. The van der Waals surface area contributed by atoms with Gasteiger partial charge < -0.3 is 5.32 Å². The fraction of sp³-hybridized carbons (Fsp3) is 0.417. The summed E-state index contributed by atoms with van der Waals surface area (Å²) in [7, 11) is 0. The van der Waals surface area contributed by atoms with E-state index in [9.17, 15) is 4.79 Å². The number of anilines is 1. The van der Waals surface area contributed by atoms with E-state index >= 15 is 0 Å². The standard InChI is InChI=1S/C12H15N3O.ClH/c16-12-9-10-3-1-2-4-11(10)15(12)14-7-5-13-6-8-14;/h1-4,13H,5-9H2;1H. The van der Waals surface area contributed by atoms with Crippen LogP contribution in [-0.2, 0) is 11.2 Å². The van der Waals surface area contributed by atoms with Crippen molar-refractivity contribution in [3.63, 3.8) is 0 Å². The predicted octanol–water partition coefficient (Wildman–Crippen LogP) is 0.818. The zero-order valence-corrected chi connectivity index (χ0v) is 10.4. The summed E-state index contributed by atoms with van der Waals surface area (Å²) in [6.45, 7) is 3.71. The van der Waals surface area contributed by atoms with Gasteiger partial charge in [0.25, 0.3) is 0 Å². The number of nitrogens with one attached hydrogen (secondary N) is 1. The van der Waals surface area contributed by atoms with Crippen LogP contribution in [0.25, 0.3) is 0 Å². The number of piperazine rings is 1. The average molecular weight is 254 g/mol. The second-order valence-electron chi connectivity index (χ2n) is 4.21. The lowest BCUT2D eigenvalue weighted by Gasteiger charge is -2.35. The van der Waals surface area contributed by atoms with Crippen molar-refractivity contribution in [1.29, 1.82) is 0 Å². The van der Waals surface area contributed by atoms with E-state index in [4.69, 9.17) is 0 Å². The molecule has 1 fully saturated rings. The Kier molecular flexibility index (Phi) is 3.66. The monoisotopic (exact) mass is 253 g/mol. The zero-order valence-electron chi connectivity index (χ0n) is 9.56. The first-order chi connectivity index (χ1) is 7.86. The molecule has 17 heavy (non-hydrogen) atoms. The average Bonchev–Trinajstić information content (AvgIpc) is 2.66. The van der Waals surface area contributed by atoms with Gasteiger partial charge in [0.05, 0.1) is 12.1 Å². The normalized spacial score (nSPS) is 20.0. The topological polar surface area (TPSA) is 35.6 Å². The second-order valence-corrected chi connectivity index (χ2v) is 4.21. The molecule has 2 heterocycles. The van der Waals surface area contributed by atoms with E-state index in [-0.39, 0.29) is 18.3 Å². The van der Waals surface area contributed by atoms with Crippen molar-refractivity contribution < 1.29 is 4.79 Å². The summed E-state index contributed by atoms with van der Waals surface area (Å²) >= 11 is 0. The van der Waals surface area contributed by atoms with E-state index in [2.05, 4.69) is 10.3 Å². The number of carbonyl (C=O) groups is 1. The number of benzene rings is 1. The van der Waals surface area contributed by atoms with Gasteiger partial charge in [0, 0.05) is 26.2 Å². The summed E-state index contributed by atoms with van der Waals surface area (Å²) in [6, 6.07) is 8.05. The number of fused-ring (bicyclic) bond motifs is 1. The first kappa shape index (κ1) is 12.4. The number of halogens is 1. The summed E-state index contributed by atoms with van der Waals surface area (Å²) in [5.41, 5.74) is 2.21. The fourth-order valence-electron chi connectivity index (χ4n) is 2.40. The van der Waals surface area contributed by atoms with Crippen LogP contribution in [0.4, 0.5) is 5.69 Å². The molecule has 0 aromatic heterocycles. The Morgan fingerprint density at radius 1 is 1.12 bits per heavy atom. The maximum Gasteiger partial charge on any atom is 0.246 e. The molecule has 0 bridgehead atoms. The van der Waals surface area contributed by atoms with Gasteiger partial charge in [0.2, 0.25) is 5.91 Å². The summed E-state index contributed by atoms with van der Waals surface area (Å²) in [5.74, 6) is 0.197. The van der Waals surface area contributed by atoms with Crippen molar-refractivity contribution >= 4 is 24.0 Å². The molecule has 0 aliphatic carbocycles. The Bertz CT molecular complexity index is 418. The lowest BCUT2D eigenvalue weighted by Crippen LogP contribution is -2.53. The van der Waals surface area contributed by atoms with Crippen LogP contribution in [0.3, 0.4) is 0 Å². The number of carbonyl (C=O) groups excluding carboxylic acids is 1. The van der Waals surface area contributed by atoms with E-state index in [1.54, 1.807) is 0 Å². The van der Waals surface area contributed by atoms with Gasteiger partial charge in [-0.05, 0) is 11.6 Å². The Hall–Kier alpha value is -1.10. The maximum atomic E-state index is 12.0. The SMILES string of the molecule is Cl.O=C1Cc2ccccc2N1N1CCNCC1. The summed E-state index contributed by atoms with van der Waals surface area (Å²) in [5, 5.41) is 7.30. The molecule has 0 spiro atoms. The van der Waals surface area contributed by atoms with E-state index < -0.39 is 0 Å². The fourth-order valence-corrected chi connectivity index (χ4v) is 2.40. The first-order valence-corrected chi connectivity index (χ1v) is 5.73. The molecule has 92 valence electrons. The Balaban J connectivity index is 0.00000108. The van der Waals surface area contributed by atoms with Crippen molar-refractivity contribution in [2.75, 3.05) is 31.2 Å². The van der Waals surface area contributed by atoms with Crippen LogP contribution in [0.15, 0.2) is 24.3 Å². The van der Waals surface area contributed by atoms with Gasteiger partial charge in [-0.1, -0.05) is 18.2 Å². The molecule has 0 radical (unpaired) electrons. The minimum atomic E-state index is 0.